The van der Waals surface area contributed by atoms with Crippen molar-refractivity contribution in [2.75, 3.05) is 0 Å². The van der Waals surface area contributed by atoms with Gasteiger partial charge in [-0.05, 0) is 99.6 Å². The van der Waals surface area contributed by atoms with Crippen LogP contribution in [0.4, 0.5) is 0 Å². The minimum atomic E-state index is 0.556. The lowest BCUT2D eigenvalue weighted by atomic mass is 9.91. The molecule has 0 unspecified atom stereocenters. The molecular formula is C46H28N4. The fourth-order valence-electron chi connectivity index (χ4n) is 6.37. The highest BCUT2D eigenvalue weighted by Gasteiger charge is 2.18. The summed E-state index contributed by atoms with van der Waals surface area (Å²) in [6, 6.07) is 61.7. The molecule has 0 saturated carbocycles. The topological polar surface area (TPSA) is 73.4 Å². The first-order valence-electron chi connectivity index (χ1n) is 16.4. The molecule has 1 aromatic heterocycles. The highest BCUT2D eigenvalue weighted by atomic mass is 14.9. The zero-order valence-electron chi connectivity index (χ0n) is 27.0. The highest BCUT2D eigenvalue weighted by Crippen LogP contribution is 2.40. The summed E-state index contributed by atoms with van der Waals surface area (Å²) in [7, 11) is 0. The number of hydrogen-bond acceptors (Lipinski definition) is 4. The van der Waals surface area contributed by atoms with Crippen molar-refractivity contribution >= 4 is 10.9 Å². The van der Waals surface area contributed by atoms with Crippen molar-refractivity contribution in [1.82, 2.24) is 9.97 Å². The van der Waals surface area contributed by atoms with Gasteiger partial charge in [0.1, 0.15) is 0 Å². The van der Waals surface area contributed by atoms with Gasteiger partial charge >= 0.3 is 0 Å². The second-order valence-electron chi connectivity index (χ2n) is 12.1. The Hall–Kier alpha value is -7.14. The summed E-state index contributed by atoms with van der Waals surface area (Å²) in [6.45, 7) is 0. The van der Waals surface area contributed by atoms with Gasteiger partial charge in [0.05, 0.1) is 34.5 Å². The highest BCUT2D eigenvalue weighted by molar-refractivity contribution is 6.05. The van der Waals surface area contributed by atoms with E-state index < -0.39 is 0 Å². The van der Waals surface area contributed by atoms with Gasteiger partial charge in [0.15, 0.2) is 5.82 Å². The molecule has 7 aromatic carbocycles. The van der Waals surface area contributed by atoms with E-state index in [1.807, 2.05) is 48.5 Å². The average molecular weight is 637 g/mol. The second-order valence-corrected chi connectivity index (χ2v) is 12.1. The van der Waals surface area contributed by atoms with Crippen molar-refractivity contribution < 1.29 is 0 Å². The summed E-state index contributed by atoms with van der Waals surface area (Å²) in [5, 5.41) is 19.9. The molecule has 0 radical (unpaired) electrons. The smallest absolute Gasteiger partial charge is 0.160 e. The fourth-order valence-corrected chi connectivity index (χ4v) is 6.37. The van der Waals surface area contributed by atoms with Gasteiger partial charge in [-0.3, -0.25) is 0 Å². The summed E-state index contributed by atoms with van der Waals surface area (Å²) in [5.41, 5.74) is 13.1. The van der Waals surface area contributed by atoms with Crippen molar-refractivity contribution in [3.63, 3.8) is 0 Å². The molecule has 8 rings (SSSR count). The molecule has 0 atom stereocenters. The quantitative estimate of drug-likeness (QED) is 0.182. The van der Waals surface area contributed by atoms with E-state index in [2.05, 4.69) is 121 Å². The molecule has 232 valence electrons. The second kappa shape index (κ2) is 13.2. The number of hydrogen-bond donors (Lipinski definition) is 0. The Morgan fingerprint density at radius 2 is 0.840 bits per heavy atom. The van der Waals surface area contributed by atoms with Crippen molar-refractivity contribution in [2.24, 2.45) is 0 Å². The van der Waals surface area contributed by atoms with Gasteiger partial charge in [-0.2, -0.15) is 10.5 Å². The number of nitrogens with zero attached hydrogens (tertiary/aromatic N) is 4. The number of benzene rings is 7. The zero-order chi connectivity index (χ0) is 33.9. The van der Waals surface area contributed by atoms with Crippen LogP contribution in [-0.4, -0.2) is 9.97 Å². The molecular weight excluding hydrogens is 609 g/mol. The average Bonchev–Trinajstić information content (AvgIpc) is 3.21. The van der Waals surface area contributed by atoms with Gasteiger partial charge in [-0.15, -0.1) is 0 Å². The first-order valence-corrected chi connectivity index (χ1v) is 16.4. The third-order valence-electron chi connectivity index (χ3n) is 8.94. The molecule has 50 heavy (non-hydrogen) atoms. The molecule has 1 heterocycles. The molecule has 4 nitrogen and oxygen atoms in total. The Morgan fingerprint density at radius 1 is 0.360 bits per heavy atom. The van der Waals surface area contributed by atoms with E-state index in [0.717, 1.165) is 72.2 Å². The van der Waals surface area contributed by atoms with E-state index in [9.17, 15) is 10.5 Å². The molecule has 0 spiro atoms. The molecule has 0 bridgehead atoms. The summed E-state index contributed by atoms with van der Waals surface area (Å²) in [4.78, 5) is 10.4. The van der Waals surface area contributed by atoms with Crippen LogP contribution in [0.5, 0.6) is 0 Å². The van der Waals surface area contributed by atoms with E-state index in [1.54, 1.807) is 12.1 Å². The third-order valence-corrected chi connectivity index (χ3v) is 8.94. The van der Waals surface area contributed by atoms with Crippen molar-refractivity contribution in [3.05, 3.63) is 181 Å². The van der Waals surface area contributed by atoms with Crippen LogP contribution < -0.4 is 0 Å². The van der Waals surface area contributed by atoms with Gasteiger partial charge in [0.2, 0.25) is 0 Å². The molecule has 4 heteroatoms. The fraction of sp³-hybridized carbons (Fsp3) is 0. The van der Waals surface area contributed by atoms with Crippen LogP contribution in [0.3, 0.4) is 0 Å². The molecule has 0 aliphatic carbocycles. The van der Waals surface area contributed by atoms with E-state index in [0.29, 0.717) is 17.0 Å². The lowest BCUT2D eigenvalue weighted by Gasteiger charge is -2.16. The maximum Gasteiger partial charge on any atom is 0.160 e. The van der Waals surface area contributed by atoms with E-state index in [4.69, 9.17) is 9.97 Å². The molecule has 0 aliphatic rings. The Labute approximate surface area is 290 Å². The molecule has 0 fully saturated rings. The minimum absolute atomic E-state index is 0.556. The van der Waals surface area contributed by atoms with E-state index in [-0.39, 0.29) is 0 Å². The number of rotatable bonds is 6. The maximum atomic E-state index is 9.54. The molecule has 0 amide bonds. The standard InChI is InChI=1S/C46H28N4/c47-29-31-17-21-35(22-18-31)44-43-28-41(39-15-7-13-37(25-39)33-9-3-1-4-10-33)27-42(40-16-8-14-38(26-40)34-11-5-2-6-12-34)45(43)50-46(49-44)36-23-19-32(30-48)20-24-36/h1-28H. The van der Waals surface area contributed by atoms with Crippen LogP contribution in [0.25, 0.3) is 78.1 Å². The predicted octanol–water partition coefficient (Wildman–Crippen LogP) is 11.4. The number of fused-ring (bicyclic) bond motifs is 1. The van der Waals surface area contributed by atoms with Gasteiger partial charge in [-0.1, -0.05) is 109 Å². The normalized spacial score (nSPS) is 10.8. The minimum Gasteiger partial charge on any atom is -0.227 e. The van der Waals surface area contributed by atoms with Crippen LogP contribution in [0.15, 0.2) is 170 Å². The van der Waals surface area contributed by atoms with Gasteiger partial charge in [0, 0.05) is 22.1 Å². The Morgan fingerprint density at radius 3 is 1.40 bits per heavy atom. The molecule has 0 N–H and O–H groups in total. The van der Waals surface area contributed by atoms with E-state index >= 15 is 0 Å². The number of nitriles is 2. The van der Waals surface area contributed by atoms with E-state index in [1.165, 1.54) is 0 Å². The van der Waals surface area contributed by atoms with Crippen LogP contribution in [0.2, 0.25) is 0 Å². The lowest BCUT2D eigenvalue weighted by Crippen LogP contribution is -1.98. The van der Waals surface area contributed by atoms with Gasteiger partial charge < -0.3 is 0 Å². The predicted molar refractivity (Wildman–Crippen MR) is 202 cm³/mol. The van der Waals surface area contributed by atoms with Crippen molar-refractivity contribution in [2.45, 2.75) is 0 Å². The van der Waals surface area contributed by atoms with Gasteiger partial charge in [-0.25, -0.2) is 9.97 Å². The Balaban J connectivity index is 1.43. The largest absolute Gasteiger partial charge is 0.227 e. The maximum absolute atomic E-state index is 9.54. The summed E-state index contributed by atoms with van der Waals surface area (Å²) >= 11 is 0. The molecule has 0 aliphatic heterocycles. The summed E-state index contributed by atoms with van der Waals surface area (Å²) in [6.07, 6.45) is 0. The van der Waals surface area contributed by atoms with Crippen LogP contribution in [0.1, 0.15) is 11.1 Å². The summed E-state index contributed by atoms with van der Waals surface area (Å²) in [5.74, 6) is 0.556. The summed E-state index contributed by atoms with van der Waals surface area (Å²) < 4.78 is 0. The first kappa shape index (κ1) is 30.2. The molecule has 0 saturated heterocycles. The van der Waals surface area contributed by atoms with Crippen LogP contribution >= 0.6 is 0 Å². The SMILES string of the molecule is N#Cc1ccc(-c2nc(-c3ccc(C#N)cc3)c3cc(-c4cccc(-c5ccccc5)c4)cc(-c4cccc(-c5ccccc5)c4)c3n2)cc1. The first-order chi connectivity index (χ1) is 24.7. The Kier molecular flexibility index (Phi) is 7.95. The number of aromatic nitrogens is 2. The van der Waals surface area contributed by atoms with Crippen LogP contribution in [-0.2, 0) is 0 Å². The monoisotopic (exact) mass is 636 g/mol. The van der Waals surface area contributed by atoms with Crippen molar-refractivity contribution in [3.8, 4) is 79.3 Å². The zero-order valence-corrected chi connectivity index (χ0v) is 27.0. The van der Waals surface area contributed by atoms with Crippen LogP contribution in [0, 0.1) is 22.7 Å². The Bertz CT molecular complexity index is 2580. The third kappa shape index (κ3) is 5.90. The van der Waals surface area contributed by atoms with Gasteiger partial charge in [0.25, 0.3) is 0 Å². The van der Waals surface area contributed by atoms with Crippen molar-refractivity contribution in [1.29, 1.82) is 10.5 Å². The lowest BCUT2D eigenvalue weighted by molar-refractivity contribution is 1.23. The molecule has 8 aromatic rings.